The highest BCUT2D eigenvalue weighted by molar-refractivity contribution is 6.32. The first kappa shape index (κ1) is 23.2. The van der Waals surface area contributed by atoms with E-state index in [0.29, 0.717) is 38.9 Å². The number of aromatic nitrogens is 3. The van der Waals surface area contributed by atoms with Gasteiger partial charge in [-0.2, -0.15) is 0 Å². The van der Waals surface area contributed by atoms with Crippen molar-refractivity contribution < 1.29 is 9.50 Å². The number of rotatable bonds is 4. The summed E-state index contributed by atoms with van der Waals surface area (Å²) < 4.78 is 17.6. The normalized spacial score (nSPS) is 16.0. The monoisotopic (exact) mass is 492 g/mol. The molecule has 0 radical (unpaired) electrons. The van der Waals surface area contributed by atoms with Gasteiger partial charge in [0.15, 0.2) is 0 Å². The molecule has 0 bridgehead atoms. The molecule has 0 spiro atoms. The molecule has 5 rings (SSSR count). The lowest BCUT2D eigenvalue weighted by Gasteiger charge is -2.32. The van der Waals surface area contributed by atoms with Crippen LogP contribution in [0.3, 0.4) is 0 Å². The van der Waals surface area contributed by atoms with Gasteiger partial charge in [-0.25, -0.2) is 14.2 Å². The van der Waals surface area contributed by atoms with Crippen LogP contribution in [0.2, 0.25) is 5.02 Å². The van der Waals surface area contributed by atoms with Crippen molar-refractivity contribution in [1.29, 1.82) is 0 Å². The first-order valence-electron chi connectivity index (χ1n) is 11.6. The van der Waals surface area contributed by atoms with E-state index in [1.165, 1.54) is 27.7 Å². The number of hydrogen-bond donors (Lipinski definition) is 1. The summed E-state index contributed by atoms with van der Waals surface area (Å²) in [4.78, 5) is 19.1. The highest BCUT2D eigenvalue weighted by Crippen LogP contribution is 2.41. The largest absolute Gasteiger partial charge is 0.507 e. The molecule has 180 valence electrons. The van der Waals surface area contributed by atoms with E-state index in [2.05, 4.69) is 16.8 Å². The maximum Gasteiger partial charge on any atom is 0.332 e. The summed E-state index contributed by atoms with van der Waals surface area (Å²) in [6.07, 6.45) is 7.27. The van der Waals surface area contributed by atoms with Crippen LogP contribution in [0, 0.1) is 11.7 Å². The van der Waals surface area contributed by atoms with E-state index < -0.39 is 5.82 Å². The summed E-state index contributed by atoms with van der Waals surface area (Å²) in [7, 11) is 1.66. The smallest absolute Gasteiger partial charge is 0.332 e. The number of pyridine rings is 1. The number of phenolic OH excluding ortho intramolecular Hbond substituents is 1. The van der Waals surface area contributed by atoms with Crippen molar-refractivity contribution in [2.45, 2.75) is 19.8 Å². The standard InChI is InChI=1S/C27H26ClFN4O2/c1-17-4-3-9-32(16-17)25-13-19(7-8-30-25)22-15-20(29)14-21(26(22)34)18-5-6-24(23(28)12-18)33-11-10-31(2)27(33)35/h5-8,10-15,17,34H,3-4,9,16H2,1-2H3/t17-/m0/s1. The molecule has 6 nitrogen and oxygen atoms in total. The van der Waals surface area contributed by atoms with Gasteiger partial charge in [0, 0.05) is 49.9 Å². The van der Waals surface area contributed by atoms with Crippen LogP contribution in [0.5, 0.6) is 5.75 Å². The van der Waals surface area contributed by atoms with Crippen LogP contribution in [0.4, 0.5) is 10.2 Å². The van der Waals surface area contributed by atoms with E-state index in [9.17, 15) is 14.3 Å². The van der Waals surface area contributed by atoms with Crippen LogP contribution in [0.25, 0.3) is 27.9 Å². The van der Waals surface area contributed by atoms with Crippen LogP contribution in [0.1, 0.15) is 19.8 Å². The SMILES string of the molecule is C[C@H]1CCCN(c2cc(-c3cc(F)cc(-c4ccc(-n5ccn(C)c5=O)c(Cl)c4)c3O)ccn2)C1. The van der Waals surface area contributed by atoms with Crippen LogP contribution in [0.15, 0.2) is 65.8 Å². The summed E-state index contributed by atoms with van der Waals surface area (Å²) >= 11 is 6.50. The molecule has 1 aliphatic rings. The maximum atomic E-state index is 14.8. The van der Waals surface area contributed by atoms with Crippen LogP contribution in [-0.2, 0) is 7.05 Å². The molecule has 1 N–H and O–H groups in total. The van der Waals surface area contributed by atoms with Gasteiger partial charge in [-0.1, -0.05) is 24.6 Å². The molecule has 0 unspecified atom stereocenters. The number of nitrogens with zero attached hydrogens (tertiary/aromatic N) is 4. The van der Waals surface area contributed by atoms with E-state index >= 15 is 0 Å². The minimum Gasteiger partial charge on any atom is -0.507 e. The summed E-state index contributed by atoms with van der Waals surface area (Å²) in [5, 5.41) is 11.5. The minimum atomic E-state index is -0.475. The first-order valence-corrected chi connectivity index (χ1v) is 12.0. The van der Waals surface area contributed by atoms with Gasteiger partial charge in [0.1, 0.15) is 17.4 Å². The van der Waals surface area contributed by atoms with Crippen molar-refractivity contribution in [3.8, 4) is 33.7 Å². The third-order valence-electron chi connectivity index (χ3n) is 6.58. The van der Waals surface area contributed by atoms with Crippen molar-refractivity contribution in [2.75, 3.05) is 18.0 Å². The molecule has 35 heavy (non-hydrogen) atoms. The Morgan fingerprint density at radius 2 is 1.83 bits per heavy atom. The zero-order valence-corrected chi connectivity index (χ0v) is 20.3. The summed E-state index contributed by atoms with van der Waals surface area (Å²) in [6, 6.07) is 11.3. The van der Waals surface area contributed by atoms with Gasteiger partial charge < -0.3 is 14.6 Å². The topological polar surface area (TPSA) is 63.3 Å². The van der Waals surface area contributed by atoms with Gasteiger partial charge in [0.05, 0.1) is 10.7 Å². The zero-order valence-electron chi connectivity index (χ0n) is 19.6. The Balaban J connectivity index is 1.54. The summed E-state index contributed by atoms with van der Waals surface area (Å²) in [6.45, 7) is 4.08. The first-order chi connectivity index (χ1) is 16.8. The van der Waals surface area contributed by atoms with Crippen LogP contribution < -0.4 is 10.6 Å². The number of hydrogen-bond acceptors (Lipinski definition) is 4. The average molecular weight is 493 g/mol. The van der Waals surface area contributed by atoms with Gasteiger partial charge in [0.25, 0.3) is 0 Å². The molecule has 1 fully saturated rings. The highest BCUT2D eigenvalue weighted by Gasteiger charge is 2.20. The van der Waals surface area contributed by atoms with Gasteiger partial charge in [-0.05, 0) is 66.3 Å². The Bertz CT molecular complexity index is 1460. The molecule has 0 amide bonds. The van der Waals surface area contributed by atoms with Gasteiger partial charge in [-0.3, -0.25) is 4.57 Å². The van der Waals surface area contributed by atoms with Crippen molar-refractivity contribution in [3.05, 3.63) is 82.4 Å². The molecule has 1 aliphatic heterocycles. The van der Waals surface area contributed by atoms with E-state index in [1.807, 2.05) is 6.07 Å². The van der Waals surface area contributed by atoms with E-state index in [4.69, 9.17) is 11.6 Å². The fourth-order valence-electron chi connectivity index (χ4n) is 4.71. The highest BCUT2D eigenvalue weighted by atomic mass is 35.5. The predicted molar refractivity (Wildman–Crippen MR) is 137 cm³/mol. The molecular formula is C27H26ClFN4O2. The second-order valence-corrected chi connectivity index (χ2v) is 9.58. The van der Waals surface area contributed by atoms with Crippen LogP contribution >= 0.6 is 11.6 Å². The number of aromatic hydroxyl groups is 1. The number of imidazole rings is 1. The van der Waals surface area contributed by atoms with E-state index in [1.54, 1.807) is 49.9 Å². The van der Waals surface area contributed by atoms with Crippen LogP contribution in [-0.4, -0.2) is 32.3 Å². The molecule has 2 aromatic heterocycles. The Hall–Kier alpha value is -3.58. The lowest BCUT2D eigenvalue weighted by atomic mass is 9.96. The van der Waals surface area contributed by atoms with Gasteiger partial charge in [0.2, 0.25) is 0 Å². The molecule has 8 heteroatoms. The van der Waals surface area contributed by atoms with E-state index in [-0.39, 0.29) is 11.4 Å². The Morgan fingerprint density at radius 3 is 2.49 bits per heavy atom. The predicted octanol–water partition coefficient (Wildman–Crippen LogP) is 5.64. The van der Waals surface area contributed by atoms with Crippen molar-refractivity contribution in [1.82, 2.24) is 14.1 Å². The van der Waals surface area contributed by atoms with Crippen molar-refractivity contribution in [2.24, 2.45) is 13.0 Å². The zero-order chi connectivity index (χ0) is 24.7. The molecule has 0 aliphatic carbocycles. The quantitative estimate of drug-likeness (QED) is 0.400. The number of phenols is 1. The second-order valence-electron chi connectivity index (χ2n) is 9.17. The number of halogens is 2. The van der Waals surface area contributed by atoms with Gasteiger partial charge in [-0.15, -0.1) is 0 Å². The second kappa shape index (κ2) is 9.23. The molecule has 2 aromatic carbocycles. The fraction of sp³-hybridized carbons (Fsp3) is 0.259. The number of benzene rings is 2. The Labute approximate surface area is 207 Å². The summed E-state index contributed by atoms with van der Waals surface area (Å²) in [5.74, 6) is 0.885. The maximum absolute atomic E-state index is 14.8. The molecule has 0 saturated carbocycles. The van der Waals surface area contributed by atoms with Gasteiger partial charge >= 0.3 is 5.69 Å². The molecular weight excluding hydrogens is 467 g/mol. The average Bonchev–Trinajstić information content (AvgIpc) is 3.18. The number of piperidine rings is 1. The molecule has 4 aromatic rings. The lowest BCUT2D eigenvalue weighted by molar-refractivity contribution is 0.444. The minimum absolute atomic E-state index is 0.0451. The Morgan fingerprint density at radius 1 is 1.09 bits per heavy atom. The van der Waals surface area contributed by atoms with Crippen molar-refractivity contribution >= 4 is 17.4 Å². The van der Waals surface area contributed by atoms with E-state index in [0.717, 1.165) is 25.3 Å². The van der Waals surface area contributed by atoms with Crippen molar-refractivity contribution in [3.63, 3.8) is 0 Å². The molecule has 1 atom stereocenters. The fourth-order valence-corrected chi connectivity index (χ4v) is 4.98. The third kappa shape index (κ3) is 4.44. The number of anilines is 1. The molecule has 1 saturated heterocycles. The number of aryl methyl sites for hydroxylation is 1. The summed E-state index contributed by atoms with van der Waals surface area (Å²) in [5.41, 5.74) is 2.20. The Kier molecular flexibility index (Phi) is 6.11. The third-order valence-corrected chi connectivity index (χ3v) is 6.88. The molecule has 3 heterocycles. The lowest BCUT2D eigenvalue weighted by Crippen LogP contribution is -2.34.